The van der Waals surface area contributed by atoms with Gasteiger partial charge in [0.1, 0.15) is 11.4 Å². The molecule has 8 heteroatoms. The molecule has 0 unspecified atom stereocenters. The van der Waals surface area contributed by atoms with Crippen LogP contribution >= 0.6 is 0 Å². The number of nitro groups is 1. The Bertz CT molecular complexity index is 594. The number of anilines is 1. The van der Waals surface area contributed by atoms with Gasteiger partial charge in [-0.1, -0.05) is 0 Å². The Labute approximate surface area is 127 Å². The first-order valence-corrected chi connectivity index (χ1v) is 6.83. The van der Waals surface area contributed by atoms with Crippen LogP contribution in [0.25, 0.3) is 0 Å². The van der Waals surface area contributed by atoms with Crippen molar-refractivity contribution in [2.45, 2.75) is 32.4 Å². The van der Waals surface area contributed by atoms with Gasteiger partial charge < -0.3 is 15.0 Å². The van der Waals surface area contributed by atoms with Gasteiger partial charge in [-0.05, 0) is 26.8 Å². The number of carbonyl (C=O) groups is 1. The number of hydrogen-bond donors (Lipinski definition) is 1. The van der Waals surface area contributed by atoms with Crippen LogP contribution in [0.3, 0.4) is 0 Å². The van der Waals surface area contributed by atoms with E-state index in [1.807, 2.05) is 0 Å². The molecule has 0 aromatic heterocycles. The molecular formula is C14H18FN3O4. The molecule has 1 heterocycles. The number of rotatable bonds is 3. The zero-order valence-electron chi connectivity index (χ0n) is 12.6. The van der Waals surface area contributed by atoms with Gasteiger partial charge in [0.2, 0.25) is 0 Å². The Morgan fingerprint density at radius 2 is 2.05 bits per heavy atom. The largest absolute Gasteiger partial charge is 0.444 e. The number of likely N-dealkylation sites (tertiary alicyclic amines) is 1. The monoisotopic (exact) mass is 311 g/mol. The van der Waals surface area contributed by atoms with E-state index < -0.39 is 22.4 Å². The second-order valence-electron chi connectivity index (χ2n) is 6.18. The molecule has 7 nitrogen and oxygen atoms in total. The highest BCUT2D eigenvalue weighted by Gasteiger charge is 2.33. The quantitative estimate of drug-likeness (QED) is 0.685. The van der Waals surface area contributed by atoms with Crippen molar-refractivity contribution in [3.8, 4) is 0 Å². The van der Waals surface area contributed by atoms with Crippen molar-refractivity contribution in [3.05, 3.63) is 34.1 Å². The van der Waals surface area contributed by atoms with Crippen LogP contribution < -0.4 is 5.32 Å². The highest BCUT2D eigenvalue weighted by atomic mass is 19.1. The molecule has 2 rings (SSSR count). The molecule has 1 aliphatic heterocycles. The van der Waals surface area contributed by atoms with E-state index in [0.29, 0.717) is 18.8 Å². The van der Waals surface area contributed by atoms with Crippen LogP contribution in [0.2, 0.25) is 0 Å². The summed E-state index contributed by atoms with van der Waals surface area (Å²) in [5.41, 5.74) is -0.551. The SMILES string of the molecule is CC(C)(C)OC(=O)N1CC(Nc2cc(F)cc([N+](=O)[O-])c2)C1. The maximum atomic E-state index is 13.3. The molecule has 1 amide bonds. The lowest BCUT2D eigenvalue weighted by molar-refractivity contribution is -0.385. The molecule has 1 aliphatic rings. The molecule has 0 saturated carbocycles. The summed E-state index contributed by atoms with van der Waals surface area (Å²) in [6, 6.07) is 3.22. The lowest BCUT2D eigenvalue weighted by Crippen LogP contribution is -2.57. The van der Waals surface area contributed by atoms with E-state index in [9.17, 15) is 19.3 Å². The number of nitrogens with zero attached hydrogens (tertiary/aromatic N) is 2. The molecule has 1 saturated heterocycles. The number of ether oxygens (including phenoxy) is 1. The maximum absolute atomic E-state index is 13.3. The standard InChI is InChI=1S/C14H18FN3O4/c1-14(2,3)22-13(19)17-7-11(8-17)16-10-4-9(15)5-12(6-10)18(20)21/h4-6,11,16H,7-8H2,1-3H3. The van der Waals surface area contributed by atoms with Gasteiger partial charge in [0.05, 0.1) is 17.0 Å². The summed E-state index contributed by atoms with van der Waals surface area (Å²) in [6.45, 7) is 6.16. The van der Waals surface area contributed by atoms with Crippen LogP contribution in [0.5, 0.6) is 0 Å². The number of nitro benzene ring substituents is 1. The van der Waals surface area contributed by atoms with Crippen LogP contribution in [-0.2, 0) is 4.74 Å². The number of amides is 1. The average Bonchev–Trinajstić information content (AvgIpc) is 2.30. The molecule has 0 radical (unpaired) electrons. The second kappa shape index (κ2) is 5.78. The third-order valence-electron chi connectivity index (χ3n) is 3.00. The van der Waals surface area contributed by atoms with Crippen molar-refractivity contribution >= 4 is 17.5 Å². The fourth-order valence-corrected chi connectivity index (χ4v) is 2.04. The summed E-state index contributed by atoms with van der Waals surface area (Å²) in [4.78, 5) is 23.3. The third kappa shape index (κ3) is 4.06. The van der Waals surface area contributed by atoms with E-state index in [1.165, 1.54) is 17.0 Å². The minimum Gasteiger partial charge on any atom is -0.444 e. The van der Waals surface area contributed by atoms with Gasteiger partial charge in [-0.3, -0.25) is 10.1 Å². The Morgan fingerprint density at radius 3 is 2.59 bits per heavy atom. The highest BCUT2D eigenvalue weighted by Crippen LogP contribution is 2.23. The van der Waals surface area contributed by atoms with E-state index in [1.54, 1.807) is 20.8 Å². The second-order valence-corrected chi connectivity index (χ2v) is 6.18. The molecule has 1 fully saturated rings. The van der Waals surface area contributed by atoms with Crippen molar-refractivity contribution in [2.75, 3.05) is 18.4 Å². The Hall–Kier alpha value is -2.38. The first kappa shape index (κ1) is 16.0. The first-order chi connectivity index (χ1) is 10.1. The smallest absolute Gasteiger partial charge is 0.410 e. The number of halogens is 1. The fraction of sp³-hybridized carbons (Fsp3) is 0.500. The van der Waals surface area contributed by atoms with Crippen molar-refractivity contribution < 1.29 is 18.8 Å². The van der Waals surface area contributed by atoms with Gasteiger partial charge in [-0.25, -0.2) is 9.18 Å². The van der Waals surface area contributed by atoms with Gasteiger partial charge in [0.25, 0.3) is 5.69 Å². The van der Waals surface area contributed by atoms with E-state index in [2.05, 4.69) is 5.32 Å². The van der Waals surface area contributed by atoms with Crippen molar-refractivity contribution in [1.29, 1.82) is 0 Å². The van der Waals surface area contributed by atoms with Crippen LogP contribution in [0.1, 0.15) is 20.8 Å². The summed E-state index contributed by atoms with van der Waals surface area (Å²) in [5.74, 6) is -0.681. The Morgan fingerprint density at radius 1 is 1.41 bits per heavy atom. The predicted octanol–water partition coefficient (Wildman–Crippen LogP) is 2.77. The average molecular weight is 311 g/mol. The van der Waals surface area contributed by atoms with E-state index in [4.69, 9.17) is 4.74 Å². The summed E-state index contributed by atoms with van der Waals surface area (Å²) in [7, 11) is 0. The molecule has 22 heavy (non-hydrogen) atoms. The molecule has 0 atom stereocenters. The maximum Gasteiger partial charge on any atom is 0.410 e. The van der Waals surface area contributed by atoms with Crippen LogP contribution in [-0.4, -0.2) is 40.6 Å². The zero-order valence-corrected chi connectivity index (χ0v) is 12.6. The predicted molar refractivity (Wildman–Crippen MR) is 78.3 cm³/mol. The normalized spacial score (nSPS) is 15.2. The fourth-order valence-electron chi connectivity index (χ4n) is 2.04. The molecular weight excluding hydrogens is 293 g/mol. The van der Waals surface area contributed by atoms with Crippen LogP contribution in [0.4, 0.5) is 20.6 Å². The molecule has 1 aromatic rings. The summed E-state index contributed by atoms with van der Waals surface area (Å²) >= 11 is 0. The molecule has 1 aromatic carbocycles. The topological polar surface area (TPSA) is 84.7 Å². The van der Waals surface area contributed by atoms with Gasteiger partial charge in [0, 0.05) is 24.8 Å². The van der Waals surface area contributed by atoms with Crippen LogP contribution in [0.15, 0.2) is 18.2 Å². The van der Waals surface area contributed by atoms with Gasteiger partial charge in [-0.15, -0.1) is 0 Å². The number of nitrogens with one attached hydrogen (secondary N) is 1. The van der Waals surface area contributed by atoms with E-state index >= 15 is 0 Å². The molecule has 0 spiro atoms. The highest BCUT2D eigenvalue weighted by molar-refractivity contribution is 5.69. The van der Waals surface area contributed by atoms with Gasteiger partial charge in [-0.2, -0.15) is 0 Å². The molecule has 120 valence electrons. The summed E-state index contributed by atoms with van der Waals surface area (Å²) < 4.78 is 18.5. The lowest BCUT2D eigenvalue weighted by atomic mass is 10.1. The number of benzene rings is 1. The van der Waals surface area contributed by atoms with Crippen molar-refractivity contribution in [2.24, 2.45) is 0 Å². The summed E-state index contributed by atoms with van der Waals surface area (Å²) in [6.07, 6.45) is -0.407. The number of non-ortho nitro benzene ring substituents is 1. The Balaban J connectivity index is 1.90. The molecule has 0 aliphatic carbocycles. The first-order valence-electron chi connectivity index (χ1n) is 6.83. The number of hydrogen-bond acceptors (Lipinski definition) is 5. The molecule has 1 N–H and O–H groups in total. The van der Waals surface area contributed by atoms with E-state index in [0.717, 1.165) is 6.07 Å². The van der Waals surface area contributed by atoms with Gasteiger partial charge >= 0.3 is 6.09 Å². The molecule has 0 bridgehead atoms. The number of carbonyl (C=O) groups excluding carboxylic acids is 1. The van der Waals surface area contributed by atoms with Crippen molar-refractivity contribution in [3.63, 3.8) is 0 Å². The Kier molecular flexibility index (Phi) is 4.20. The minimum atomic E-state index is -0.681. The summed E-state index contributed by atoms with van der Waals surface area (Å²) in [5, 5.41) is 13.7. The third-order valence-corrected chi connectivity index (χ3v) is 3.00. The lowest BCUT2D eigenvalue weighted by Gasteiger charge is -2.40. The zero-order chi connectivity index (χ0) is 16.5. The van der Waals surface area contributed by atoms with Crippen molar-refractivity contribution in [1.82, 2.24) is 4.90 Å². The minimum absolute atomic E-state index is 0.0890. The van der Waals surface area contributed by atoms with E-state index in [-0.39, 0.29) is 11.7 Å². The van der Waals surface area contributed by atoms with Crippen LogP contribution in [0, 0.1) is 15.9 Å². The van der Waals surface area contributed by atoms with Gasteiger partial charge in [0.15, 0.2) is 0 Å².